The molecule has 6 nitrogen and oxygen atoms in total. The molecule has 2 N–H and O–H groups in total. The Bertz CT molecular complexity index is 764. The van der Waals surface area contributed by atoms with Crippen molar-refractivity contribution in [2.24, 2.45) is 0 Å². The second-order valence-electron chi connectivity index (χ2n) is 4.78. The zero-order valence-electron chi connectivity index (χ0n) is 11.8. The minimum absolute atomic E-state index is 0.00641. The van der Waals surface area contributed by atoms with E-state index < -0.39 is 10.0 Å². The molecular weight excluding hydrogens is 347 g/mol. The number of benzene rings is 1. The maximum atomic E-state index is 12.2. The van der Waals surface area contributed by atoms with Crippen LogP contribution >= 0.6 is 23.2 Å². The summed E-state index contributed by atoms with van der Waals surface area (Å²) in [6, 6.07) is 7.41. The first kappa shape index (κ1) is 16.8. The molecule has 118 valence electrons. The van der Waals surface area contributed by atoms with E-state index in [-0.39, 0.29) is 26.8 Å². The van der Waals surface area contributed by atoms with E-state index in [0.717, 1.165) is 0 Å². The van der Waals surface area contributed by atoms with Crippen molar-refractivity contribution < 1.29 is 8.42 Å². The second kappa shape index (κ2) is 6.68. The van der Waals surface area contributed by atoms with Crippen LogP contribution in [0.5, 0.6) is 0 Å². The predicted octanol–water partition coefficient (Wildman–Crippen LogP) is 3.40. The van der Waals surface area contributed by atoms with Crippen LogP contribution in [0, 0.1) is 0 Å². The van der Waals surface area contributed by atoms with Gasteiger partial charge >= 0.3 is 0 Å². The summed E-state index contributed by atoms with van der Waals surface area (Å²) in [6.07, 6.45) is 0. The first-order valence-electron chi connectivity index (χ1n) is 6.36. The number of rotatable bonds is 5. The van der Waals surface area contributed by atoms with Crippen molar-refractivity contribution in [2.45, 2.75) is 24.8 Å². The van der Waals surface area contributed by atoms with Gasteiger partial charge in [-0.05, 0) is 44.2 Å². The van der Waals surface area contributed by atoms with E-state index in [4.69, 9.17) is 23.2 Å². The van der Waals surface area contributed by atoms with Crippen LogP contribution < -0.4 is 10.0 Å². The van der Waals surface area contributed by atoms with Gasteiger partial charge in [0, 0.05) is 6.04 Å². The molecular formula is C13H14Cl2N4O2S. The van der Waals surface area contributed by atoms with Crippen LogP contribution in [0.4, 0.5) is 11.6 Å². The molecule has 0 aliphatic carbocycles. The van der Waals surface area contributed by atoms with Gasteiger partial charge in [0.1, 0.15) is 5.82 Å². The third kappa shape index (κ3) is 4.22. The summed E-state index contributed by atoms with van der Waals surface area (Å²) in [5, 5.41) is 11.2. The fourth-order valence-corrected chi connectivity index (χ4v) is 2.99. The lowest BCUT2D eigenvalue weighted by Crippen LogP contribution is -2.15. The van der Waals surface area contributed by atoms with E-state index in [0.29, 0.717) is 5.82 Å². The standard InChI is InChI=1S/C13H14Cl2N4O2S/c1-8(2)16-12-5-6-13(18-17-12)19-22(20,21)9-3-4-10(14)11(15)7-9/h3-8H,1-2H3,(H,16,17)(H,18,19). The Labute approximate surface area is 138 Å². The third-order valence-electron chi connectivity index (χ3n) is 2.54. The van der Waals surface area contributed by atoms with Crippen LogP contribution in [-0.4, -0.2) is 24.7 Å². The SMILES string of the molecule is CC(C)Nc1ccc(NS(=O)(=O)c2ccc(Cl)c(Cl)c2)nn1. The van der Waals surface area contributed by atoms with E-state index in [9.17, 15) is 8.42 Å². The zero-order chi connectivity index (χ0) is 16.3. The number of aromatic nitrogens is 2. The highest BCUT2D eigenvalue weighted by Gasteiger charge is 2.16. The van der Waals surface area contributed by atoms with Crippen molar-refractivity contribution in [3.05, 3.63) is 40.4 Å². The summed E-state index contributed by atoms with van der Waals surface area (Å²) in [5.41, 5.74) is 0. The number of nitrogens with one attached hydrogen (secondary N) is 2. The Morgan fingerprint density at radius 3 is 2.18 bits per heavy atom. The summed E-state index contributed by atoms with van der Waals surface area (Å²) in [4.78, 5) is -0.00641. The summed E-state index contributed by atoms with van der Waals surface area (Å²) in [7, 11) is -3.80. The molecule has 0 atom stereocenters. The van der Waals surface area contributed by atoms with Crippen molar-refractivity contribution in [2.75, 3.05) is 10.0 Å². The van der Waals surface area contributed by atoms with Gasteiger partial charge in [-0.15, -0.1) is 10.2 Å². The van der Waals surface area contributed by atoms with E-state index in [2.05, 4.69) is 20.2 Å². The molecule has 0 radical (unpaired) electrons. The Morgan fingerprint density at radius 2 is 1.64 bits per heavy atom. The first-order chi connectivity index (χ1) is 10.3. The lowest BCUT2D eigenvalue weighted by molar-refractivity contribution is 0.601. The average Bonchev–Trinajstić information content (AvgIpc) is 2.43. The molecule has 2 rings (SSSR count). The monoisotopic (exact) mass is 360 g/mol. The van der Waals surface area contributed by atoms with E-state index in [1.165, 1.54) is 24.3 Å². The molecule has 1 aromatic carbocycles. The molecule has 0 aliphatic rings. The van der Waals surface area contributed by atoms with Crippen molar-refractivity contribution in [3.63, 3.8) is 0 Å². The fourth-order valence-electron chi connectivity index (χ4n) is 1.60. The molecule has 0 saturated carbocycles. The molecule has 0 saturated heterocycles. The van der Waals surface area contributed by atoms with Crippen LogP contribution in [0.25, 0.3) is 0 Å². The number of sulfonamides is 1. The first-order valence-corrected chi connectivity index (χ1v) is 8.60. The van der Waals surface area contributed by atoms with Crippen molar-refractivity contribution >= 4 is 44.9 Å². The molecule has 2 aromatic rings. The largest absolute Gasteiger partial charge is 0.366 e. The maximum absolute atomic E-state index is 12.2. The summed E-state index contributed by atoms with van der Waals surface area (Å²) in [5.74, 6) is 0.674. The quantitative estimate of drug-likeness (QED) is 0.853. The van der Waals surface area contributed by atoms with Gasteiger partial charge in [-0.2, -0.15) is 0 Å². The molecule has 22 heavy (non-hydrogen) atoms. The molecule has 1 heterocycles. The molecule has 0 aliphatic heterocycles. The maximum Gasteiger partial charge on any atom is 0.263 e. The molecule has 0 fully saturated rings. The number of hydrogen-bond donors (Lipinski definition) is 2. The van der Waals surface area contributed by atoms with Crippen LogP contribution in [0.3, 0.4) is 0 Å². The molecule has 0 unspecified atom stereocenters. The van der Waals surface area contributed by atoms with E-state index >= 15 is 0 Å². The average molecular weight is 361 g/mol. The van der Waals surface area contributed by atoms with Gasteiger partial charge in [0.25, 0.3) is 10.0 Å². The third-order valence-corrected chi connectivity index (χ3v) is 4.63. The van der Waals surface area contributed by atoms with Gasteiger partial charge in [-0.1, -0.05) is 23.2 Å². The number of halogens is 2. The minimum atomic E-state index is -3.80. The number of hydrogen-bond acceptors (Lipinski definition) is 5. The smallest absolute Gasteiger partial charge is 0.263 e. The zero-order valence-corrected chi connectivity index (χ0v) is 14.2. The van der Waals surface area contributed by atoms with Crippen LogP contribution in [0.2, 0.25) is 10.0 Å². The van der Waals surface area contributed by atoms with Gasteiger partial charge in [0.2, 0.25) is 0 Å². The van der Waals surface area contributed by atoms with E-state index in [1.54, 1.807) is 6.07 Å². The molecule has 1 aromatic heterocycles. The van der Waals surface area contributed by atoms with Gasteiger partial charge in [0.05, 0.1) is 14.9 Å². The molecule has 0 spiro atoms. The highest BCUT2D eigenvalue weighted by Crippen LogP contribution is 2.25. The van der Waals surface area contributed by atoms with Gasteiger partial charge in [-0.3, -0.25) is 4.72 Å². The van der Waals surface area contributed by atoms with Crippen molar-refractivity contribution in [1.82, 2.24) is 10.2 Å². The van der Waals surface area contributed by atoms with E-state index in [1.807, 2.05) is 13.8 Å². The lowest BCUT2D eigenvalue weighted by atomic mass is 10.4. The van der Waals surface area contributed by atoms with Crippen LogP contribution in [0.1, 0.15) is 13.8 Å². The minimum Gasteiger partial charge on any atom is -0.366 e. The normalized spacial score (nSPS) is 11.5. The number of nitrogens with zero attached hydrogens (tertiary/aromatic N) is 2. The highest BCUT2D eigenvalue weighted by molar-refractivity contribution is 7.92. The van der Waals surface area contributed by atoms with Crippen molar-refractivity contribution in [1.29, 1.82) is 0 Å². The van der Waals surface area contributed by atoms with Gasteiger partial charge < -0.3 is 5.32 Å². The molecule has 9 heteroatoms. The predicted molar refractivity (Wildman–Crippen MR) is 88.1 cm³/mol. The van der Waals surface area contributed by atoms with Crippen molar-refractivity contribution in [3.8, 4) is 0 Å². The Morgan fingerprint density at radius 1 is 1.00 bits per heavy atom. The lowest BCUT2D eigenvalue weighted by Gasteiger charge is -2.10. The Hall–Kier alpha value is -1.57. The Balaban J connectivity index is 2.19. The fraction of sp³-hybridized carbons (Fsp3) is 0.231. The summed E-state index contributed by atoms with van der Waals surface area (Å²) in [6.45, 7) is 3.92. The van der Waals surface area contributed by atoms with Gasteiger partial charge in [0.15, 0.2) is 5.82 Å². The molecule has 0 amide bonds. The van der Waals surface area contributed by atoms with Crippen LogP contribution in [-0.2, 0) is 10.0 Å². The van der Waals surface area contributed by atoms with Gasteiger partial charge in [-0.25, -0.2) is 8.42 Å². The highest BCUT2D eigenvalue weighted by atomic mass is 35.5. The summed E-state index contributed by atoms with van der Waals surface area (Å²) < 4.78 is 26.8. The Kier molecular flexibility index (Phi) is 5.10. The second-order valence-corrected chi connectivity index (χ2v) is 7.28. The topological polar surface area (TPSA) is 84.0 Å². The van der Waals surface area contributed by atoms with Crippen LogP contribution in [0.15, 0.2) is 35.2 Å². The number of anilines is 2. The summed E-state index contributed by atoms with van der Waals surface area (Å²) >= 11 is 11.6. The molecule has 0 bridgehead atoms.